The summed E-state index contributed by atoms with van der Waals surface area (Å²) in [6.45, 7) is 3.44. The number of rotatable bonds is 8. The molecule has 290 valence electrons. The van der Waals surface area contributed by atoms with Crippen LogP contribution in [0.1, 0.15) is 73.0 Å². The molecule has 4 heterocycles. The molecule has 1 amide bonds. The zero-order chi connectivity index (χ0) is 38.8. The first-order valence-corrected chi connectivity index (χ1v) is 19.5. The lowest BCUT2D eigenvalue weighted by atomic mass is 9.58. The van der Waals surface area contributed by atoms with Crippen molar-refractivity contribution in [2.75, 3.05) is 18.0 Å². The number of alkyl halides is 3. The lowest BCUT2D eigenvalue weighted by molar-refractivity contribution is -0.154. The molecule has 2 N–H and O–H groups in total. The van der Waals surface area contributed by atoms with Crippen LogP contribution in [0.4, 0.5) is 19.1 Å². The molecule has 3 aromatic heterocycles. The number of hydrogen-bond donors (Lipinski definition) is 2. The van der Waals surface area contributed by atoms with Gasteiger partial charge < -0.3 is 24.6 Å². The van der Waals surface area contributed by atoms with E-state index in [0.29, 0.717) is 60.2 Å². The second kappa shape index (κ2) is 13.9. The monoisotopic (exact) mass is 764 g/mol. The third-order valence-electron chi connectivity index (χ3n) is 12.8. The molecule has 0 spiro atoms. The van der Waals surface area contributed by atoms with E-state index in [2.05, 4.69) is 25.2 Å². The maximum absolute atomic E-state index is 14.9. The Kier molecular flexibility index (Phi) is 9.00. The molecule has 4 bridgehead atoms. The first-order chi connectivity index (χ1) is 27.0. The number of fused-ring (bicyclic) bond motifs is 2. The minimum absolute atomic E-state index is 0.0368. The molecule has 4 saturated carbocycles. The lowest BCUT2D eigenvalue weighted by Gasteiger charge is -2.50. The van der Waals surface area contributed by atoms with Crippen LogP contribution in [0.25, 0.3) is 27.8 Å². The van der Waals surface area contributed by atoms with Crippen molar-refractivity contribution in [3.8, 4) is 22.7 Å². The normalized spacial score (nSPS) is 25.0. The number of hydrogen-bond acceptors (Lipinski definition) is 7. The van der Waals surface area contributed by atoms with Gasteiger partial charge in [0.05, 0.1) is 16.8 Å². The number of halogens is 3. The molecular weight excluding hydrogens is 722 g/mol. The summed E-state index contributed by atoms with van der Waals surface area (Å²) < 4.78 is 53.2. The van der Waals surface area contributed by atoms with Gasteiger partial charge in [0.25, 0.3) is 5.91 Å². The van der Waals surface area contributed by atoms with Crippen molar-refractivity contribution >= 4 is 28.7 Å². The number of carboxylic acids is 1. The zero-order valence-electron chi connectivity index (χ0n) is 31.0. The molecule has 5 aromatic rings. The number of ether oxygens (including phenoxy) is 1. The topological polar surface area (TPSA) is 122 Å². The molecule has 1 aliphatic heterocycles. The number of aliphatic carboxylic acids is 1. The van der Waals surface area contributed by atoms with Gasteiger partial charge in [-0.05, 0) is 105 Å². The number of amides is 1. The Bertz CT molecular complexity index is 2300. The minimum Gasteiger partial charge on any atom is -0.490 e. The van der Waals surface area contributed by atoms with Gasteiger partial charge in [0.2, 0.25) is 5.95 Å². The van der Waals surface area contributed by atoms with Crippen LogP contribution in [-0.4, -0.2) is 61.2 Å². The van der Waals surface area contributed by atoms with Crippen molar-refractivity contribution in [2.45, 2.75) is 76.1 Å². The average Bonchev–Trinajstić information content (AvgIpc) is 3.44. The number of carboxylic acid groups (broad SMARTS) is 1. The molecule has 1 saturated heterocycles. The Morgan fingerprint density at radius 2 is 1.64 bits per heavy atom. The maximum Gasteiger partial charge on any atom is 0.434 e. The van der Waals surface area contributed by atoms with Gasteiger partial charge in [-0.25, -0.2) is 19.7 Å². The van der Waals surface area contributed by atoms with Gasteiger partial charge in [-0.15, -0.1) is 0 Å². The van der Waals surface area contributed by atoms with Crippen LogP contribution in [-0.2, 0) is 11.0 Å². The van der Waals surface area contributed by atoms with Crippen LogP contribution in [0.3, 0.4) is 0 Å². The third-order valence-corrected chi connectivity index (χ3v) is 12.8. The molecule has 5 aliphatic rings. The summed E-state index contributed by atoms with van der Waals surface area (Å²) in [6, 6.07) is 17.7. The molecule has 56 heavy (non-hydrogen) atoms. The number of carbonyl (C=O) groups excluding carboxylic acids is 1. The SMILES string of the molecule is Cc1ccccc1-n1cc(-c2ccc(C(=O)NC3(C(=O)O)C4CCC5CC(C4)CC3C5)c(C(F)(F)F)n2)c2ccc(OC3CCN(c4ncccn4)CC3)cc21. The van der Waals surface area contributed by atoms with E-state index in [0.717, 1.165) is 61.6 Å². The maximum atomic E-state index is 14.9. The number of para-hydroxylation sites is 1. The van der Waals surface area contributed by atoms with Crippen LogP contribution >= 0.6 is 0 Å². The average molecular weight is 765 g/mol. The van der Waals surface area contributed by atoms with Crippen LogP contribution in [0, 0.1) is 30.6 Å². The fourth-order valence-electron chi connectivity index (χ4n) is 10.3. The standard InChI is InChI=1S/C43H43F3N6O4/c1-25-5-2-3-6-36(25)52-24-34(32-10-9-31(23-37(32)52)56-30-13-17-51(18-14-30)41-47-15-4-16-48-41)35-12-11-33(38(49-35)43(44,45)46)39(53)50-42(40(54)55)28-8-7-26-19-27(21-28)22-29(42)20-26/h2-6,9-12,15-16,23-24,26-30H,7-8,13-14,17-22H2,1H3,(H,50,53)(H,54,55). The van der Waals surface area contributed by atoms with E-state index in [9.17, 15) is 27.9 Å². The quantitative estimate of drug-likeness (QED) is 0.162. The van der Waals surface area contributed by atoms with Crippen LogP contribution in [0.2, 0.25) is 0 Å². The van der Waals surface area contributed by atoms with Crippen molar-refractivity contribution in [2.24, 2.45) is 23.7 Å². The number of anilines is 1. The first kappa shape index (κ1) is 36.2. The minimum atomic E-state index is -4.99. The van der Waals surface area contributed by atoms with Gasteiger partial charge in [0.15, 0.2) is 5.69 Å². The zero-order valence-corrected chi connectivity index (χ0v) is 31.0. The fourth-order valence-corrected chi connectivity index (χ4v) is 10.3. The van der Waals surface area contributed by atoms with Crippen molar-refractivity contribution < 1.29 is 32.6 Å². The molecule has 0 radical (unpaired) electrons. The number of pyridine rings is 1. The number of benzene rings is 2. The Balaban J connectivity index is 1.05. The summed E-state index contributed by atoms with van der Waals surface area (Å²) in [5, 5.41) is 14.0. The number of nitrogens with one attached hydrogen (secondary N) is 1. The highest BCUT2D eigenvalue weighted by atomic mass is 19.4. The molecule has 10 nitrogen and oxygen atoms in total. The van der Waals surface area contributed by atoms with Gasteiger partial charge in [0, 0.05) is 67.2 Å². The smallest absolute Gasteiger partial charge is 0.434 e. The molecule has 2 aromatic carbocycles. The van der Waals surface area contributed by atoms with Crippen LogP contribution in [0.15, 0.2) is 79.3 Å². The molecule has 13 heteroatoms. The highest BCUT2D eigenvalue weighted by molar-refractivity contribution is 6.01. The second-order valence-electron chi connectivity index (χ2n) is 16.1. The van der Waals surface area contributed by atoms with Gasteiger partial charge >= 0.3 is 12.1 Å². The Morgan fingerprint density at radius 1 is 0.893 bits per heavy atom. The number of aryl methyl sites for hydroxylation is 1. The Morgan fingerprint density at radius 3 is 2.39 bits per heavy atom. The van der Waals surface area contributed by atoms with Gasteiger partial charge in [-0.1, -0.05) is 24.6 Å². The number of nitrogens with zero attached hydrogens (tertiary/aromatic N) is 5. The number of piperidine rings is 1. The summed E-state index contributed by atoms with van der Waals surface area (Å²) >= 11 is 0. The van der Waals surface area contributed by atoms with E-state index >= 15 is 0 Å². The van der Waals surface area contributed by atoms with Crippen LogP contribution in [0.5, 0.6) is 5.75 Å². The third kappa shape index (κ3) is 6.34. The number of aromatic nitrogens is 4. The summed E-state index contributed by atoms with van der Waals surface area (Å²) in [4.78, 5) is 42.0. The van der Waals surface area contributed by atoms with Crippen molar-refractivity contribution in [1.29, 1.82) is 0 Å². The molecular formula is C43H43F3N6O4. The largest absolute Gasteiger partial charge is 0.490 e. The van der Waals surface area contributed by atoms with Gasteiger partial charge in [0.1, 0.15) is 17.4 Å². The van der Waals surface area contributed by atoms with E-state index < -0.39 is 34.8 Å². The van der Waals surface area contributed by atoms with Gasteiger partial charge in [-0.2, -0.15) is 13.2 Å². The fraction of sp³-hybridized carbons (Fsp3) is 0.419. The van der Waals surface area contributed by atoms with Crippen molar-refractivity contribution in [3.63, 3.8) is 0 Å². The molecule has 5 unspecified atom stereocenters. The molecule has 10 rings (SSSR count). The molecule has 5 fully saturated rings. The predicted molar refractivity (Wildman–Crippen MR) is 204 cm³/mol. The summed E-state index contributed by atoms with van der Waals surface area (Å²) in [7, 11) is 0. The highest BCUT2D eigenvalue weighted by Gasteiger charge is 2.60. The van der Waals surface area contributed by atoms with E-state index in [1.54, 1.807) is 24.7 Å². The lowest BCUT2D eigenvalue weighted by Crippen LogP contribution is -2.66. The summed E-state index contributed by atoms with van der Waals surface area (Å²) in [5.74, 6) is -0.790. The molecule has 4 aliphatic carbocycles. The molecule has 5 atom stereocenters. The van der Waals surface area contributed by atoms with E-state index in [-0.39, 0.29) is 23.6 Å². The van der Waals surface area contributed by atoms with E-state index in [4.69, 9.17) is 4.74 Å². The Hall–Kier alpha value is -5.46. The predicted octanol–water partition coefficient (Wildman–Crippen LogP) is 8.26. The van der Waals surface area contributed by atoms with E-state index in [1.165, 1.54) is 6.07 Å². The van der Waals surface area contributed by atoms with Crippen molar-refractivity contribution in [3.05, 3.63) is 96.1 Å². The van der Waals surface area contributed by atoms with E-state index in [1.807, 2.05) is 54.0 Å². The van der Waals surface area contributed by atoms with Crippen molar-refractivity contribution in [1.82, 2.24) is 24.8 Å². The summed E-state index contributed by atoms with van der Waals surface area (Å²) in [6.07, 6.45) is 6.25. The van der Waals surface area contributed by atoms with Crippen LogP contribution < -0.4 is 15.0 Å². The first-order valence-electron chi connectivity index (χ1n) is 19.5. The summed E-state index contributed by atoms with van der Waals surface area (Å²) in [5.41, 5.74) is -0.635. The van der Waals surface area contributed by atoms with Gasteiger partial charge in [-0.3, -0.25) is 4.79 Å². The Labute approximate surface area is 322 Å². The number of carbonyl (C=O) groups is 2. The highest BCUT2D eigenvalue weighted by Crippen LogP contribution is 2.56. The second-order valence-corrected chi connectivity index (χ2v) is 16.1.